The molecule has 1 aliphatic carbocycles. The summed E-state index contributed by atoms with van der Waals surface area (Å²) in [6.07, 6.45) is 1.33. The molecular weight excluding hydrogens is 314 g/mol. The lowest BCUT2D eigenvalue weighted by Crippen LogP contribution is -2.49. The van der Waals surface area contributed by atoms with Crippen LogP contribution in [0.2, 0.25) is 0 Å². The third-order valence-corrected chi connectivity index (χ3v) is 5.85. The summed E-state index contributed by atoms with van der Waals surface area (Å²) < 4.78 is 5.39. The van der Waals surface area contributed by atoms with E-state index < -0.39 is 0 Å². The van der Waals surface area contributed by atoms with Crippen LogP contribution in [-0.4, -0.2) is 79.1 Å². The van der Waals surface area contributed by atoms with Crippen LogP contribution in [0, 0.1) is 5.92 Å². The molecule has 2 atom stereocenters. The predicted octanol–water partition coefficient (Wildman–Crippen LogP) is 1.69. The van der Waals surface area contributed by atoms with Gasteiger partial charge in [0, 0.05) is 57.4 Å². The molecule has 2 saturated heterocycles. The number of carbonyl (C=O) groups excluding carboxylic acids is 1. The van der Waals surface area contributed by atoms with Crippen LogP contribution in [0.15, 0.2) is 24.3 Å². The maximum Gasteiger partial charge on any atom is 0.253 e. The van der Waals surface area contributed by atoms with Crippen molar-refractivity contribution >= 4 is 5.91 Å². The average molecular weight is 343 g/mol. The van der Waals surface area contributed by atoms with Gasteiger partial charge in [0.05, 0.1) is 13.2 Å². The highest BCUT2D eigenvalue weighted by molar-refractivity contribution is 5.94. The van der Waals surface area contributed by atoms with E-state index in [1.165, 1.54) is 12.0 Å². The molecule has 0 N–H and O–H groups in total. The molecule has 136 valence electrons. The van der Waals surface area contributed by atoms with Crippen molar-refractivity contribution in [2.45, 2.75) is 25.9 Å². The number of piperazine rings is 1. The van der Waals surface area contributed by atoms with E-state index in [4.69, 9.17) is 4.74 Å². The zero-order valence-electron chi connectivity index (χ0n) is 15.2. The van der Waals surface area contributed by atoms with Crippen LogP contribution in [-0.2, 0) is 11.3 Å². The lowest BCUT2D eigenvalue weighted by atomic mass is 10.1. The van der Waals surface area contributed by atoms with Crippen LogP contribution in [0.25, 0.3) is 0 Å². The molecule has 25 heavy (non-hydrogen) atoms. The van der Waals surface area contributed by atoms with Crippen LogP contribution < -0.4 is 0 Å². The molecule has 0 radical (unpaired) electrons. The molecule has 1 amide bonds. The van der Waals surface area contributed by atoms with Crippen molar-refractivity contribution in [1.82, 2.24) is 14.7 Å². The van der Waals surface area contributed by atoms with Gasteiger partial charge in [-0.1, -0.05) is 19.1 Å². The van der Waals surface area contributed by atoms with Gasteiger partial charge in [-0.2, -0.15) is 0 Å². The maximum atomic E-state index is 12.7. The third kappa shape index (κ3) is 4.05. The predicted molar refractivity (Wildman–Crippen MR) is 97.6 cm³/mol. The molecule has 1 aromatic rings. The van der Waals surface area contributed by atoms with Crippen molar-refractivity contribution in [2.24, 2.45) is 5.92 Å². The van der Waals surface area contributed by atoms with Gasteiger partial charge < -0.3 is 9.64 Å². The molecule has 0 bridgehead atoms. The summed E-state index contributed by atoms with van der Waals surface area (Å²) in [6.45, 7) is 10.6. The highest BCUT2D eigenvalue weighted by Gasteiger charge is 2.39. The quantitative estimate of drug-likeness (QED) is 0.833. The Morgan fingerprint density at radius 3 is 2.28 bits per heavy atom. The molecule has 3 aliphatic rings. The number of rotatable bonds is 4. The fourth-order valence-corrected chi connectivity index (χ4v) is 4.02. The number of carbonyl (C=O) groups is 1. The Labute approximate surface area is 150 Å². The van der Waals surface area contributed by atoms with E-state index in [2.05, 4.69) is 28.9 Å². The fraction of sp³-hybridized carbons (Fsp3) is 0.650. The van der Waals surface area contributed by atoms with Crippen molar-refractivity contribution in [3.05, 3.63) is 35.4 Å². The minimum atomic E-state index is 0.182. The highest BCUT2D eigenvalue weighted by Crippen LogP contribution is 2.35. The first-order valence-electron chi connectivity index (χ1n) is 9.63. The van der Waals surface area contributed by atoms with Gasteiger partial charge in [0.15, 0.2) is 0 Å². The SMILES string of the molecule is C[C@@H]1CC1N1CCN(C(=O)c2ccc(CN3CCOCC3)cc2)CC1. The van der Waals surface area contributed by atoms with Crippen molar-refractivity contribution in [2.75, 3.05) is 52.5 Å². The zero-order valence-corrected chi connectivity index (χ0v) is 15.2. The van der Waals surface area contributed by atoms with E-state index >= 15 is 0 Å². The second kappa shape index (κ2) is 7.44. The molecule has 0 aromatic heterocycles. The topological polar surface area (TPSA) is 36.0 Å². The number of amides is 1. The van der Waals surface area contributed by atoms with E-state index in [1.807, 2.05) is 17.0 Å². The Morgan fingerprint density at radius 1 is 1.04 bits per heavy atom. The first kappa shape index (κ1) is 17.0. The van der Waals surface area contributed by atoms with E-state index in [9.17, 15) is 4.79 Å². The average Bonchev–Trinajstić information content (AvgIpc) is 3.39. The number of hydrogen-bond acceptors (Lipinski definition) is 4. The first-order chi connectivity index (χ1) is 12.2. The molecule has 3 fully saturated rings. The molecular formula is C20H29N3O2. The Hall–Kier alpha value is -1.43. The van der Waals surface area contributed by atoms with Crippen LogP contribution in [0.5, 0.6) is 0 Å². The van der Waals surface area contributed by atoms with E-state index in [1.54, 1.807) is 0 Å². The molecule has 5 heteroatoms. The Morgan fingerprint density at radius 2 is 1.68 bits per heavy atom. The third-order valence-electron chi connectivity index (χ3n) is 5.85. The Balaban J connectivity index is 1.30. The van der Waals surface area contributed by atoms with Crippen LogP contribution >= 0.6 is 0 Å². The molecule has 1 saturated carbocycles. The van der Waals surface area contributed by atoms with Crippen LogP contribution in [0.4, 0.5) is 0 Å². The highest BCUT2D eigenvalue weighted by atomic mass is 16.5. The van der Waals surface area contributed by atoms with Crippen molar-refractivity contribution in [3.63, 3.8) is 0 Å². The largest absolute Gasteiger partial charge is 0.379 e. The normalized spacial score (nSPS) is 28.1. The standard InChI is InChI=1S/C20H29N3O2/c1-16-14-19(16)22-6-8-23(9-7-22)20(24)18-4-2-17(3-5-18)15-21-10-12-25-13-11-21/h2-5,16,19H,6-15H2,1H3/t16-,19?/m1/s1. The summed E-state index contributed by atoms with van der Waals surface area (Å²) in [6, 6.07) is 8.97. The molecule has 4 rings (SSSR count). The fourth-order valence-electron chi connectivity index (χ4n) is 4.02. The Kier molecular flexibility index (Phi) is 5.06. The van der Waals surface area contributed by atoms with Crippen molar-refractivity contribution in [3.8, 4) is 0 Å². The van der Waals surface area contributed by atoms with Crippen LogP contribution in [0.3, 0.4) is 0 Å². The second-order valence-corrected chi connectivity index (χ2v) is 7.69. The summed E-state index contributed by atoms with van der Waals surface area (Å²) in [7, 11) is 0. The van der Waals surface area contributed by atoms with Gasteiger partial charge >= 0.3 is 0 Å². The maximum absolute atomic E-state index is 12.7. The summed E-state index contributed by atoms with van der Waals surface area (Å²) in [5, 5.41) is 0. The number of benzene rings is 1. The molecule has 1 unspecified atom stereocenters. The van der Waals surface area contributed by atoms with Crippen LogP contribution in [0.1, 0.15) is 29.3 Å². The molecule has 0 spiro atoms. The monoisotopic (exact) mass is 343 g/mol. The first-order valence-corrected chi connectivity index (χ1v) is 9.63. The van der Waals surface area contributed by atoms with Crippen molar-refractivity contribution in [1.29, 1.82) is 0 Å². The summed E-state index contributed by atoms with van der Waals surface area (Å²) >= 11 is 0. The minimum absolute atomic E-state index is 0.182. The van der Waals surface area contributed by atoms with E-state index in [-0.39, 0.29) is 5.91 Å². The minimum Gasteiger partial charge on any atom is -0.379 e. The van der Waals surface area contributed by atoms with Gasteiger partial charge in [-0.3, -0.25) is 14.6 Å². The van der Waals surface area contributed by atoms with Gasteiger partial charge in [0.25, 0.3) is 5.91 Å². The van der Waals surface area contributed by atoms with Gasteiger partial charge in [-0.15, -0.1) is 0 Å². The summed E-state index contributed by atoms with van der Waals surface area (Å²) in [5.41, 5.74) is 2.09. The van der Waals surface area contributed by atoms with E-state index in [0.29, 0.717) is 0 Å². The van der Waals surface area contributed by atoms with Gasteiger partial charge in [-0.05, 0) is 30.0 Å². The van der Waals surface area contributed by atoms with E-state index in [0.717, 1.165) is 76.6 Å². The number of ether oxygens (including phenoxy) is 1. The zero-order chi connectivity index (χ0) is 17.2. The lowest BCUT2D eigenvalue weighted by molar-refractivity contribution is 0.0342. The molecule has 2 heterocycles. The van der Waals surface area contributed by atoms with Gasteiger partial charge in [0.1, 0.15) is 0 Å². The number of nitrogens with zero attached hydrogens (tertiary/aromatic N) is 3. The molecule has 5 nitrogen and oxygen atoms in total. The molecule has 2 aliphatic heterocycles. The van der Waals surface area contributed by atoms with Gasteiger partial charge in [-0.25, -0.2) is 0 Å². The smallest absolute Gasteiger partial charge is 0.253 e. The van der Waals surface area contributed by atoms with Crippen molar-refractivity contribution < 1.29 is 9.53 Å². The summed E-state index contributed by atoms with van der Waals surface area (Å²) in [4.78, 5) is 19.7. The molecule has 1 aromatic carbocycles. The number of hydrogen-bond donors (Lipinski definition) is 0. The Bertz CT molecular complexity index is 589. The summed E-state index contributed by atoms with van der Waals surface area (Å²) in [5.74, 6) is 1.03. The van der Waals surface area contributed by atoms with Gasteiger partial charge in [0.2, 0.25) is 0 Å². The second-order valence-electron chi connectivity index (χ2n) is 7.69. The lowest BCUT2D eigenvalue weighted by Gasteiger charge is -2.35. The number of morpholine rings is 1.